The first kappa shape index (κ1) is 28.1. The summed E-state index contributed by atoms with van der Waals surface area (Å²) >= 11 is 0. The van der Waals surface area contributed by atoms with Crippen LogP contribution >= 0.6 is 0 Å². The van der Waals surface area contributed by atoms with Crippen LogP contribution in [0.2, 0.25) is 0 Å². The Hall–Kier alpha value is -4.46. The summed E-state index contributed by atoms with van der Waals surface area (Å²) in [6.45, 7) is 7.54. The maximum absolute atomic E-state index is 13.2. The van der Waals surface area contributed by atoms with Crippen LogP contribution in [-0.2, 0) is 9.59 Å². The summed E-state index contributed by atoms with van der Waals surface area (Å²) in [5.74, 6) is -0.757. The van der Waals surface area contributed by atoms with Crippen LogP contribution in [0.3, 0.4) is 0 Å². The summed E-state index contributed by atoms with van der Waals surface area (Å²) < 4.78 is 0. The highest BCUT2D eigenvalue weighted by Crippen LogP contribution is 2.24. The van der Waals surface area contributed by atoms with Crippen LogP contribution in [0.15, 0.2) is 82.8 Å². The molecule has 0 unspecified atom stereocenters. The molecule has 0 fully saturated rings. The van der Waals surface area contributed by atoms with E-state index < -0.39 is 12.1 Å². The monoisotopic (exact) mass is 514 g/mol. The van der Waals surface area contributed by atoms with Crippen molar-refractivity contribution in [2.75, 3.05) is 10.6 Å². The van der Waals surface area contributed by atoms with Crippen molar-refractivity contribution in [3.8, 4) is 11.5 Å². The molecule has 2 atom stereocenters. The zero-order valence-corrected chi connectivity index (χ0v) is 22.0. The SMILES string of the molecule is CC(C)[C@H](N=Cc1ccccc1O)C(=O)Nc1ccccc1NC(=O)[C@@H](N=Cc1ccccc1O)C(C)C. The Morgan fingerprint density at radius 2 is 0.974 bits per heavy atom. The van der Waals surface area contributed by atoms with Crippen LogP contribution in [0, 0.1) is 11.8 Å². The number of carbonyl (C=O) groups excluding carboxylic acids is 2. The summed E-state index contributed by atoms with van der Waals surface area (Å²) in [4.78, 5) is 35.2. The number of carbonyl (C=O) groups is 2. The topological polar surface area (TPSA) is 123 Å². The van der Waals surface area contributed by atoms with E-state index in [2.05, 4.69) is 20.6 Å². The summed E-state index contributed by atoms with van der Waals surface area (Å²) in [5.41, 5.74) is 1.90. The van der Waals surface area contributed by atoms with Crippen LogP contribution in [0.5, 0.6) is 11.5 Å². The highest BCUT2D eigenvalue weighted by Gasteiger charge is 2.24. The van der Waals surface area contributed by atoms with Crippen molar-refractivity contribution >= 4 is 35.6 Å². The van der Waals surface area contributed by atoms with E-state index in [1.165, 1.54) is 12.4 Å². The van der Waals surface area contributed by atoms with Gasteiger partial charge >= 0.3 is 0 Å². The fraction of sp³-hybridized carbons (Fsp3) is 0.267. The largest absolute Gasteiger partial charge is 0.507 e. The molecule has 0 bridgehead atoms. The average molecular weight is 515 g/mol. The number of hydrogen-bond donors (Lipinski definition) is 4. The normalized spacial score (nSPS) is 13.2. The standard InChI is InChI=1S/C30H34N4O4/c1-19(2)27(31-17-21-11-5-9-15-25(21)35)29(37)33-23-13-7-8-14-24(23)34-30(38)28(20(3)4)32-18-22-12-6-10-16-26(22)36/h5-20,27-28,35-36H,1-4H3,(H,33,37)(H,34,38)/t27-,28-/m0/s1. The molecular weight excluding hydrogens is 480 g/mol. The smallest absolute Gasteiger partial charge is 0.249 e. The molecule has 0 saturated carbocycles. The van der Waals surface area contributed by atoms with Gasteiger partial charge in [-0.2, -0.15) is 0 Å². The Balaban J connectivity index is 1.77. The predicted octanol–water partition coefficient (Wildman–Crippen LogP) is 5.26. The minimum atomic E-state index is -0.718. The fourth-order valence-electron chi connectivity index (χ4n) is 3.71. The molecule has 0 saturated heterocycles. The second-order valence-electron chi connectivity index (χ2n) is 9.58. The molecule has 0 aliphatic rings. The van der Waals surface area contributed by atoms with Crippen LogP contribution in [0.4, 0.5) is 11.4 Å². The van der Waals surface area contributed by atoms with Crippen molar-refractivity contribution in [1.82, 2.24) is 0 Å². The summed E-state index contributed by atoms with van der Waals surface area (Å²) in [7, 11) is 0. The number of nitrogens with zero attached hydrogens (tertiary/aromatic N) is 2. The van der Waals surface area contributed by atoms with E-state index in [1.807, 2.05) is 27.7 Å². The van der Waals surface area contributed by atoms with Crippen molar-refractivity contribution < 1.29 is 19.8 Å². The lowest BCUT2D eigenvalue weighted by Crippen LogP contribution is -2.33. The van der Waals surface area contributed by atoms with E-state index in [0.717, 1.165) is 0 Å². The second-order valence-corrected chi connectivity index (χ2v) is 9.58. The fourth-order valence-corrected chi connectivity index (χ4v) is 3.71. The minimum absolute atomic E-state index is 0.0806. The third kappa shape index (κ3) is 7.52. The first-order chi connectivity index (χ1) is 18.2. The van der Waals surface area contributed by atoms with Gasteiger partial charge in [-0.1, -0.05) is 64.1 Å². The number of benzene rings is 3. The maximum Gasteiger partial charge on any atom is 0.249 e. The number of para-hydroxylation sites is 4. The summed E-state index contributed by atoms with van der Waals surface area (Å²) in [6.07, 6.45) is 2.98. The summed E-state index contributed by atoms with van der Waals surface area (Å²) in [6, 6.07) is 19.0. The molecule has 4 N–H and O–H groups in total. The Morgan fingerprint density at radius 3 is 1.32 bits per heavy atom. The molecule has 0 spiro atoms. The highest BCUT2D eigenvalue weighted by molar-refractivity contribution is 6.03. The van der Waals surface area contributed by atoms with Gasteiger partial charge in [-0.15, -0.1) is 0 Å². The van der Waals surface area contributed by atoms with Crippen LogP contribution in [-0.4, -0.2) is 46.5 Å². The van der Waals surface area contributed by atoms with Gasteiger partial charge in [-0.3, -0.25) is 19.6 Å². The van der Waals surface area contributed by atoms with E-state index in [9.17, 15) is 19.8 Å². The van der Waals surface area contributed by atoms with E-state index in [0.29, 0.717) is 22.5 Å². The average Bonchev–Trinajstić information content (AvgIpc) is 2.87. The van der Waals surface area contributed by atoms with Gasteiger partial charge in [0.15, 0.2) is 0 Å². The molecule has 3 rings (SSSR count). The van der Waals surface area contributed by atoms with Gasteiger partial charge in [0.25, 0.3) is 0 Å². The van der Waals surface area contributed by atoms with Gasteiger partial charge < -0.3 is 20.8 Å². The minimum Gasteiger partial charge on any atom is -0.507 e. The molecular formula is C30H34N4O4. The van der Waals surface area contributed by atoms with Crippen molar-refractivity contribution in [2.24, 2.45) is 21.8 Å². The first-order valence-electron chi connectivity index (χ1n) is 12.5. The van der Waals surface area contributed by atoms with Crippen molar-refractivity contribution in [2.45, 2.75) is 39.8 Å². The number of phenolic OH excluding ortho intramolecular Hbond substituents is 2. The second kappa shape index (κ2) is 13.2. The number of rotatable bonds is 10. The maximum atomic E-state index is 13.2. The van der Waals surface area contributed by atoms with Crippen molar-refractivity contribution in [3.63, 3.8) is 0 Å². The molecule has 2 amide bonds. The van der Waals surface area contributed by atoms with Gasteiger partial charge in [0, 0.05) is 23.6 Å². The van der Waals surface area contributed by atoms with Gasteiger partial charge in [-0.05, 0) is 48.2 Å². The zero-order chi connectivity index (χ0) is 27.7. The van der Waals surface area contributed by atoms with Crippen molar-refractivity contribution in [1.29, 1.82) is 0 Å². The lowest BCUT2D eigenvalue weighted by molar-refractivity contribution is -0.119. The van der Waals surface area contributed by atoms with E-state index in [-0.39, 0.29) is 35.1 Å². The third-order valence-electron chi connectivity index (χ3n) is 5.86. The first-order valence-corrected chi connectivity index (χ1v) is 12.5. The van der Waals surface area contributed by atoms with Crippen LogP contribution < -0.4 is 10.6 Å². The van der Waals surface area contributed by atoms with Crippen LogP contribution in [0.25, 0.3) is 0 Å². The molecule has 0 radical (unpaired) electrons. The lowest BCUT2D eigenvalue weighted by Gasteiger charge is -2.20. The number of phenols is 2. The highest BCUT2D eigenvalue weighted by atomic mass is 16.3. The molecule has 3 aromatic carbocycles. The number of amides is 2. The van der Waals surface area contributed by atoms with Gasteiger partial charge in [0.2, 0.25) is 11.8 Å². The van der Waals surface area contributed by atoms with E-state index >= 15 is 0 Å². The van der Waals surface area contributed by atoms with E-state index in [1.54, 1.807) is 72.8 Å². The van der Waals surface area contributed by atoms with Gasteiger partial charge in [0.1, 0.15) is 23.6 Å². The van der Waals surface area contributed by atoms with Crippen molar-refractivity contribution in [3.05, 3.63) is 83.9 Å². The predicted molar refractivity (Wildman–Crippen MR) is 152 cm³/mol. The molecule has 0 aromatic heterocycles. The number of aromatic hydroxyl groups is 2. The quantitative estimate of drug-likeness (QED) is 0.276. The number of aliphatic imine (C=N–C) groups is 2. The molecule has 38 heavy (non-hydrogen) atoms. The molecule has 0 heterocycles. The molecule has 198 valence electrons. The Labute approximate surface area is 223 Å². The van der Waals surface area contributed by atoms with Crippen LogP contribution in [0.1, 0.15) is 38.8 Å². The zero-order valence-electron chi connectivity index (χ0n) is 22.0. The van der Waals surface area contributed by atoms with E-state index in [4.69, 9.17) is 0 Å². The Morgan fingerprint density at radius 1 is 0.632 bits per heavy atom. The number of nitrogens with one attached hydrogen (secondary N) is 2. The molecule has 0 aliphatic carbocycles. The molecule has 8 nitrogen and oxygen atoms in total. The summed E-state index contributed by atoms with van der Waals surface area (Å²) in [5, 5.41) is 25.8. The lowest BCUT2D eigenvalue weighted by atomic mass is 10.0. The molecule has 3 aromatic rings. The number of hydrogen-bond acceptors (Lipinski definition) is 6. The molecule has 8 heteroatoms. The Bertz CT molecular complexity index is 1220. The van der Waals surface area contributed by atoms with Gasteiger partial charge in [0.05, 0.1) is 11.4 Å². The third-order valence-corrected chi connectivity index (χ3v) is 5.86. The Kier molecular flexibility index (Phi) is 9.76. The molecule has 0 aliphatic heterocycles. The number of anilines is 2. The van der Waals surface area contributed by atoms with Gasteiger partial charge in [-0.25, -0.2) is 0 Å².